The predicted molar refractivity (Wildman–Crippen MR) is 59.0 cm³/mol. The normalized spacial score (nSPS) is 15.2. The summed E-state index contributed by atoms with van der Waals surface area (Å²) in [6.07, 6.45) is 2.29. The number of aromatic nitrogens is 1. The average molecular weight is 215 g/mol. The van der Waals surface area contributed by atoms with E-state index in [1.165, 1.54) is 12.1 Å². The van der Waals surface area contributed by atoms with Gasteiger partial charge in [0, 0.05) is 17.4 Å². The number of pyridine rings is 1. The molecule has 1 aromatic carbocycles. The van der Waals surface area contributed by atoms with Crippen molar-refractivity contribution in [3.63, 3.8) is 0 Å². The highest BCUT2D eigenvalue weighted by Crippen LogP contribution is 2.24. The molecule has 0 atom stereocenters. The number of fused-ring (bicyclic) bond motifs is 2. The fraction of sp³-hybridized carbons (Fsp3) is 0.231. The molecule has 1 heterocycles. The van der Waals surface area contributed by atoms with Gasteiger partial charge < -0.3 is 0 Å². The van der Waals surface area contributed by atoms with Crippen LogP contribution in [0.3, 0.4) is 0 Å². The van der Waals surface area contributed by atoms with E-state index in [9.17, 15) is 9.18 Å². The molecule has 0 fully saturated rings. The average Bonchev–Trinajstić information content (AvgIpc) is 2.28. The first-order chi connectivity index (χ1) is 7.74. The van der Waals surface area contributed by atoms with E-state index in [0.717, 1.165) is 24.1 Å². The number of rotatable bonds is 0. The largest absolute Gasteiger partial charge is 0.294 e. The number of hydrogen-bond acceptors (Lipinski definition) is 2. The molecule has 1 aliphatic rings. The van der Waals surface area contributed by atoms with Crippen molar-refractivity contribution in [3.8, 4) is 0 Å². The standard InChI is InChI=1S/C13H10FNO/c14-9-4-5-11-8(6-9)7-10-12(15-11)2-1-3-13(10)16/h4-7H,1-3H2. The van der Waals surface area contributed by atoms with Crippen LogP contribution in [0.5, 0.6) is 0 Å². The monoisotopic (exact) mass is 215 g/mol. The van der Waals surface area contributed by atoms with E-state index < -0.39 is 0 Å². The Kier molecular flexibility index (Phi) is 1.99. The third-order valence-electron chi connectivity index (χ3n) is 2.97. The lowest BCUT2D eigenvalue weighted by Gasteiger charge is -2.14. The molecule has 3 rings (SSSR count). The summed E-state index contributed by atoms with van der Waals surface area (Å²) in [6, 6.07) is 6.24. The van der Waals surface area contributed by atoms with Crippen LogP contribution in [-0.4, -0.2) is 10.8 Å². The van der Waals surface area contributed by atoms with E-state index in [2.05, 4.69) is 4.98 Å². The van der Waals surface area contributed by atoms with Crippen molar-refractivity contribution in [2.45, 2.75) is 19.3 Å². The van der Waals surface area contributed by atoms with Crippen LogP contribution in [-0.2, 0) is 6.42 Å². The van der Waals surface area contributed by atoms with Gasteiger partial charge in [-0.15, -0.1) is 0 Å². The minimum absolute atomic E-state index is 0.125. The lowest BCUT2D eigenvalue weighted by Crippen LogP contribution is -2.12. The lowest BCUT2D eigenvalue weighted by molar-refractivity contribution is 0.0972. The van der Waals surface area contributed by atoms with Gasteiger partial charge in [0.05, 0.1) is 11.2 Å². The zero-order chi connectivity index (χ0) is 11.1. The van der Waals surface area contributed by atoms with Gasteiger partial charge in [0.25, 0.3) is 0 Å². The molecular formula is C13H10FNO. The van der Waals surface area contributed by atoms with E-state index in [1.54, 1.807) is 12.1 Å². The van der Waals surface area contributed by atoms with Crippen molar-refractivity contribution in [3.05, 3.63) is 41.3 Å². The zero-order valence-electron chi connectivity index (χ0n) is 8.66. The molecule has 0 bridgehead atoms. The van der Waals surface area contributed by atoms with E-state index in [0.29, 0.717) is 17.4 Å². The SMILES string of the molecule is O=C1CCCc2nc3ccc(F)cc3cc21. The molecule has 80 valence electrons. The number of carbonyl (C=O) groups excluding carboxylic acids is 1. The predicted octanol–water partition coefficient (Wildman–Crippen LogP) is 2.89. The number of ketones is 1. The summed E-state index contributed by atoms with van der Waals surface area (Å²) in [7, 11) is 0. The van der Waals surface area contributed by atoms with E-state index >= 15 is 0 Å². The summed E-state index contributed by atoms with van der Waals surface area (Å²) in [5.41, 5.74) is 2.29. The third kappa shape index (κ3) is 1.40. The maximum Gasteiger partial charge on any atom is 0.164 e. The third-order valence-corrected chi connectivity index (χ3v) is 2.97. The fourth-order valence-corrected chi connectivity index (χ4v) is 2.17. The second-order valence-electron chi connectivity index (χ2n) is 4.10. The lowest BCUT2D eigenvalue weighted by atomic mass is 9.93. The Morgan fingerprint density at radius 1 is 1.19 bits per heavy atom. The van der Waals surface area contributed by atoms with E-state index in [4.69, 9.17) is 0 Å². The Balaban J connectivity index is 2.30. The summed E-state index contributed by atoms with van der Waals surface area (Å²) in [6.45, 7) is 0. The Morgan fingerprint density at radius 2 is 2.06 bits per heavy atom. The highest BCUT2D eigenvalue weighted by Gasteiger charge is 2.18. The van der Waals surface area contributed by atoms with Gasteiger partial charge in [-0.2, -0.15) is 0 Å². The first-order valence-corrected chi connectivity index (χ1v) is 5.36. The van der Waals surface area contributed by atoms with Crippen LogP contribution in [0.2, 0.25) is 0 Å². The number of aryl methyl sites for hydroxylation is 1. The number of nitrogens with zero attached hydrogens (tertiary/aromatic N) is 1. The second-order valence-corrected chi connectivity index (χ2v) is 4.10. The highest BCUT2D eigenvalue weighted by molar-refractivity contribution is 6.00. The first kappa shape index (κ1) is 9.46. The fourth-order valence-electron chi connectivity index (χ4n) is 2.17. The molecule has 2 nitrogen and oxygen atoms in total. The molecule has 0 radical (unpaired) electrons. The summed E-state index contributed by atoms with van der Waals surface area (Å²) in [5, 5.41) is 0.703. The van der Waals surface area contributed by atoms with Gasteiger partial charge in [-0.1, -0.05) is 0 Å². The molecule has 0 saturated carbocycles. The molecule has 1 aromatic heterocycles. The smallest absolute Gasteiger partial charge is 0.164 e. The van der Waals surface area contributed by atoms with Gasteiger partial charge in [0.1, 0.15) is 5.82 Å². The topological polar surface area (TPSA) is 30.0 Å². The maximum atomic E-state index is 13.1. The van der Waals surface area contributed by atoms with Crippen molar-refractivity contribution in [1.82, 2.24) is 4.98 Å². The Hall–Kier alpha value is -1.77. The van der Waals surface area contributed by atoms with Crippen LogP contribution in [0.1, 0.15) is 28.9 Å². The van der Waals surface area contributed by atoms with Crippen molar-refractivity contribution in [2.75, 3.05) is 0 Å². The van der Waals surface area contributed by atoms with Crippen LogP contribution in [0.15, 0.2) is 24.3 Å². The molecule has 0 N–H and O–H groups in total. The molecule has 0 amide bonds. The first-order valence-electron chi connectivity index (χ1n) is 5.36. The quantitative estimate of drug-likeness (QED) is 0.676. The van der Waals surface area contributed by atoms with Gasteiger partial charge in [0.2, 0.25) is 0 Å². The van der Waals surface area contributed by atoms with Crippen molar-refractivity contribution in [1.29, 1.82) is 0 Å². The number of halogens is 1. The summed E-state index contributed by atoms with van der Waals surface area (Å²) in [4.78, 5) is 16.1. The minimum Gasteiger partial charge on any atom is -0.294 e. The Bertz CT molecular complexity index is 592. The molecular weight excluding hydrogens is 205 g/mol. The number of Topliss-reactive ketones (excluding diaryl/α,β-unsaturated/α-hetero) is 1. The zero-order valence-corrected chi connectivity index (χ0v) is 8.66. The summed E-state index contributed by atoms with van der Waals surface area (Å²) < 4.78 is 13.1. The van der Waals surface area contributed by atoms with Crippen LogP contribution >= 0.6 is 0 Å². The molecule has 16 heavy (non-hydrogen) atoms. The van der Waals surface area contributed by atoms with Crippen LogP contribution in [0.4, 0.5) is 4.39 Å². The molecule has 0 aliphatic heterocycles. The minimum atomic E-state index is -0.294. The van der Waals surface area contributed by atoms with Crippen LogP contribution in [0, 0.1) is 5.82 Å². The summed E-state index contributed by atoms with van der Waals surface area (Å²) >= 11 is 0. The van der Waals surface area contributed by atoms with E-state index in [1.807, 2.05) is 0 Å². The number of carbonyl (C=O) groups is 1. The van der Waals surface area contributed by atoms with Gasteiger partial charge in [0.15, 0.2) is 5.78 Å². The second kappa shape index (κ2) is 3.37. The molecule has 1 aliphatic carbocycles. The van der Waals surface area contributed by atoms with Crippen molar-refractivity contribution < 1.29 is 9.18 Å². The summed E-state index contributed by atoms with van der Waals surface area (Å²) in [5.74, 6) is -0.169. The Labute approximate surface area is 92.1 Å². The van der Waals surface area contributed by atoms with Crippen LogP contribution in [0.25, 0.3) is 10.9 Å². The van der Waals surface area contributed by atoms with Gasteiger partial charge in [-0.3, -0.25) is 9.78 Å². The highest BCUT2D eigenvalue weighted by atomic mass is 19.1. The van der Waals surface area contributed by atoms with Crippen LogP contribution < -0.4 is 0 Å². The molecule has 0 spiro atoms. The maximum absolute atomic E-state index is 13.1. The number of benzene rings is 1. The number of hydrogen-bond donors (Lipinski definition) is 0. The van der Waals surface area contributed by atoms with Crippen molar-refractivity contribution >= 4 is 16.7 Å². The molecule has 3 heteroatoms. The molecule has 0 unspecified atom stereocenters. The van der Waals surface area contributed by atoms with Gasteiger partial charge >= 0.3 is 0 Å². The molecule has 2 aromatic rings. The van der Waals surface area contributed by atoms with Crippen molar-refractivity contribution in [2.24, 2.45) is 0 Å². The van der Waals surface area contributed by atoms with Gasteiger partial charge in [-0.05, 0) is 37.1 Å². The van der Waals surface area contributed by atoms with E-state index in [-0.39, 0.29) is 11.6 Å². The Morgan fingerprint density at radius 3 is 2.94 bits per heavy atom. The van der Waals surface area contributed by atoms with Gasteiger partial charge in [-0.25, -0.2) is 4.39 Å². The molecule has 0 saturated heterocycles.